The van der Waals surface area contributed by atoms with Crippen molar-refractivity contribution in [1.29, 1.82) is 0 Å². The number of carbonyl (C=O) groups excluding carboxylic acids is 2. The maximum absolute atomic E-state index is 12.3. The average molecular weight is 391 g/mol. The van der Waals surface area contributed by atoms with Crippen molar-refractivity contribution >= 4 is 33.4 Å². The number of likely N-dealkylation sites (N-methyl/N-ethyl adjacent to an activating group) is 1. The molecule has 0 bridgehead atoms. The number of benzene rings is 1. The van der Waals surface area contributed by atoms with Gasteiger partial charge in [-0.05, 0) is 44.4 Å². The van der Waals surface area contributed by atoms with E-state index in [1.54, 1.807) is 12.1 Å². The van der Waals surface area contributed by atoms with Crippen molar-refractivity contribution in [2.45, 2.75) is 0 Å². The third-order valence-electron chi connectivity index (χ3n) is 3.21. The van der Waals surface area contributed by atoms with Gasteiger partial charge in [-0.1, -0.05) is 15.9 Å². The van der Waals surface area contributed by atoms with Crippen molar-refractivity contribution < 1.29 is 9.59 Å². The minimum absolute atomic E-state index is 0.248. The van der Waals surface area contributed by atoms with E-state index >= 15 is 0 Å². The van der Waals surface area contributed by atoms with E-state index in [9.17, 15) is 9.59 Å². The first-order chi connectivity index (χ1) is 11.5. The molecule has 6 nitrogen and oxygen atoms in total. The van der Waals surface area contributed by atoms with Gasteiger partial charge in [0, 0.05) is 35.6 Å². The molecule has 2 amide bonds. The summed E-state index contributed by atoms with van der Waals surface area (Å²) in [6, 6.07) is 8.78. The molecule has 0 aliphatic carbocycles. The van der Waals surface area contributed by atoms with E-state index in [0.29, 0.717) is 23.4 Å². The fraction of sp³-hybridized carbons (Fsp3) is 0.235. The summed E-state index contributed by atoms with van der Waals surface area (Å²) in [4.78, 5) is 30.3. The largest absolute Gasteiger partial charge is 0.351 e. The quantitative estimate of drug-likeness (QED) is 0.793. The highest BCUT2D eigenvalue weighted by Crippen LogP contribution is 2.15. The Balaban J connectivity index is 2.02. The smallest absolute Gasteiger partial charge is 0.257 e. The van der Waals surface area contributed by atoms with Gasteiger partial charge in [0.05, 0.1) is 11.1 Å². The number of hydrogen-bond donors (Lipinski definition) is 2. The van der Waals surface area contributed by atoms with Gasteiger partial charge in [-0.3, -0.25) is 14.6 Å². The van der Waals surface area contributed by atoms with E-state index in [0.717, 1.165) is 11.0 Å². The van der Waals surface area contributed by atoms with Crippen LogP contribution in [0.15, 0.2) is 47.2 Å². The molecule has 0 saturated carbocycles. The Kier molecular flexibility index (Phi) is 6.45. The molecule has 2 N–H and O–H groups in total. The zero-order valence-electron chi connectivity index (χ0n) is 13.5. The van der Waals surface area contributed by atoms with Crippen LogP contribution in [-0.4, -0.2) is 48.9 Å². The van der Waals surface area contributed by atoms with Crippen LogP contribution in [0.4, 0.5) is 5.69 Å². The van der Waals surface area contributed by atoms with Crippen LogP contribution in [0.2, 0.25) is 0 Å². The molecule has 2 rings (SSSR count). The van der Waals surface area contributed by atoms with E-state index in [1.165, 1.54) is 18.5 Å². The van der Waals surface area contributed by atoms with E-state index in [2.05, 4.69) is 31.5 Å². The average Bonchev–Trinajstić information content (AvgIpc) is 2.56. The van der Waals surface area contributed by atoms with Gasteiger partial charge in [-0.2, -0.15) is 0 Å². The molecule has 0 saturated heterocycles. The number of halogens is 1. The molecular formula is C17H19BrN4O2. The Labute approximate surface area is 149 Å². The molecule has 1 aromatic heterocycles. The zero-order valence-corrected chi connectivity index (χ0v) is 15.1. The SMILES string of the molecule is CN(C)CCNC(=O)c1cncc(C(=O)Nc2ccc(Br)cc2)c1. The molecule has 0 fully saturated rings. The van der Waals surface area contributed by atoms with Crippen LogP contribution in [0.3, 0.4) is 0 Å². The second-order valence-electron chi connectivity index (χ2n) is 5.48. The molecule has 0 radical (unpaired) electrons. The van der Waals surface area contributed by atoms with E-state index in [4.69, 9.17) is 0 Å². The first kappa shape index (κ1) is 18.1. The molecule has 2 aromatic rings. The van der Waals surface area contributed by atoms with Crippen molar-refractivity contribution in [2.24, 2.45) is 0 Å². The normalized spacial score (nSPS) is 10.5. The Morgan fingerprint density at radius 3 is 2.33 bits per heavy atom. The van der Waals surface area contributed by atoms with Gasteiger partial charge in [0.1, 0.15) is 0 Å². The maximum atomic E-state index is 12.3. The molecule has 126 valence electrons. The van der Waals surface area contributed by atoms with Crippen LogP contribution in [0.5, 0.6) is 0 Å². The Bertz CT molecular complexity index is 717. The lowest BCUT2D eigenvalue weighted by molar-refractivity contribution is 0.0950. The van der Waals surface area contributed by atoms with Gasteiger partial charge < -0.3 is 15.5 Å². The molecule has 24 heavy (non-hydrogen) atoms. The number of anilines is 1. The Morgan fingerprint density at radius 1 is 1.08 bits per heavy atom. The maximum Gasteiger partial charge on any atom is 0.257 e. The fourth-order valence-corrected chi connectivity index (χ4v) is 2.18. The summed E-state index contributed by atoms with van der Waals surface area (Å²) in [6.45, 7) is 1.27. The first-order valence-corrected chi connectivity index (χ1v) is 8.20. The van der Waals surface area contributed by atoms with Crippen molar-refractivity contribution in [3.05, 3.63) is 58.3 Å². The molecule has 0 unspecified atom stereocenters. The number of aromatic nitrogens is 1. The van der Waals surface area contributed by atoms with E-state index < -0.39 is 0 Å². The summed E-state index contributed by atoms with van der Waals surface area (Å²) in [5, 5.41) is 5.57. The van der Waals surface area contributed by atoms with Gasteiger partial charge >= 0.3 is 0 Å². The van der Waals surface area contributed by atoms with Crippen LogP contribution < -0.4 is 10.6 Å². The topological polar surface area (TPSA) is 74.3 Å². The summed E-state index contributed by atoms with van der Waals surface area (Å²) in [5.74, 6) is -0.560. The standard InChI is InChI=1S/C17H19BrN4O2/c1-22(2)8-7-20-16(23)12-9-13(11-19-10-12)17(24)21-15-5-3-14(18)4-6-15/h3-6,9-11H,7-8H2,1-2H3,(H,20,23)(H,21,24). The van der Waals surface area contributed by atoms with Crippen molar-refractivity contribution in [3.63, 3.8) is 0 Å². The molecule has 1 aromatic carbocycles. The summed E-state index contributed by atoms with van der Waals surface area (Å²) < 4.78 is 0.929. The fourth-order valence-electron chi connectivity index (χ4n) is 1.92. The molecule has 0 aliphatic rings. The number of rotatable bonds is 6. The monoisotopic (exact) mass is 390 g/mol. The molecule has 0 spiro atoms. The van der Waals surface area contributed by atoms with Gasteiger partial charge in [-0.25, -0.2) is 0 Å². The van der Waals surface area contributed by atoms with Gasteiger partial charge in [0.25, 0.3) is 11.8 Å². The number of pyridine rings is 1. The Morgan fingerprint density at radius 2 is 1.71 bits per heavy atom. The summed E-state index contributed by atoms with van der Waals surface area (Å²) in [5.41, 5.74) is 1.36. The van der Waals surface area contributed by atoms with Crippen LogP contribution in [0.25, 0.3) is 0 Å². The number of nitrogens with one attached hydrogen (secondary N) is 2. The highest BCUT2D eigenvalue weighted by molar-refractivity contribution is 9.10. The molecule has 7 heteroatoms. The van der Waals surface area contributed by atoms with Crippen molar-refractivity contribution in [3.8, 4) is 0 Å². The lowest BCUT2D eigenvalue weighted by Crippen LogP contribution is -2.31. The lowest BCUT2D eigenvalue weighted by Gasteiger charge is -2.11. The van der Waals surface area contributed by atoms with Gasteiger partial charge in [0.15, 0.2) is 0 Å². The minimum Gasteiger partial charge on any atom is -0.351 e. The van der Waals surface area contributed by atoms with Crippen LogP contribution in [-0.2, 0) is 0 Å². The van der Waals surface area contributed by atoms with Crippen LogP contribution in [0, 0.1) is 0 Å². The first-order valence-electron chi connectivity index (χ1n) is 7.40. The molecule has 0 atom stereocenters. The summed E-state index contributed by atoms with van der Waals surface area (Å²) in [6.07, 6.45) is 2.88. The van der Waals surface area contributed by atoms with E-state index in [-0.39, 0.29) is 11.8 Å². The summed E-state index contributed by atoms with van der Waals surface area (Å²) >= 11 is 3.34. The second kappa shape index (κ2) is 8.56. The lowest BCUT2D eigenvalue weighted by atomic mass is 10.2. The number of amides is 2. The molecule has 0 aliphatic heterocycles. The van der Waals surface area contributed by atoms with Crippen molar-refractivity contribution in [2.75, 3.05) is 32.5 Å². The number of carbonyl (C=O) groups is 2. The minimum atomic E-state index is -0.312. The summed E-state index contributed by atoms with van der Waals surface area (Å²) in [7, 11) is 3.86. The molecular weight excluding hydrogens is 372 g/mol. The van der Waals surface area contributed by atoms with Crippen LogP contribution in [0.1, 0.15) is 20.7 Å². The van der Waals surface area contributed by atoms with Gasteiger partial charge in [0.2, 0.25) is 0 Å². The number of nitrogens with zero attached hydrogens (tertiary/aromatic N) is 2. The highest BCUT2D eigenvalue weighted by atomic mass is 79.9. The van der Waals surface area contributed by atoms with Crippen molar-refractivity contribution in [1.82, 2.24) is 15.2 Å². The predicted octanol–water partition coefficient (Wildman–Crippen LogP) is 2.39. The van der Waals surface area contributed by atoms with Gasteiger partial charge in [-0.15, -0.1) is 0 Å². The Hall–Kier alpha value is -2.25. The third kappa shape index (κ3) is 5.43. The molecule has 1 heterocycles. The van der Waals surface area contributed by atoms with Crippen LogP contribution >= 0.6 is 15.9 Å². The number of hydrogen-bond acceptors (Lipinski definition) is 4. The highest BCUT2D eigenvalue weighted by Gasteiger charge is 2.11. The zero-order chi connectivity index (χ0) is 17.5. The van der Waals surface area contributed by atoms with E-state index in [1.807, 2.05) is 31.1 Å². The predicted molar refractivity (Wildman–Crippen MR) is 97.2 cm³/mol. The second-order valence-corrected chi connectivity index (χ2v) is 6.40. The third-order valence-corrected chi connectivity index (χ3v) is 3.74.